The van der Waals surface area contributed by atoms with Gasteiger partial charge in [0, 0.05) is 20.5 Å². The van der Waals surface area contributed by atoms with Crippen LogP contribution in [0.25, 0.3) is 0 Å². The van der Waals surface area contributed by atoms with Crippen molar-refractivity contribution in [3.05, 3.63) is 0 Å². The summed E-state index contributed by atoms with van der Waals surface area (Å²) in [6.07, 6.45) is 1.57. The number of carbonyl (C=O) groups is 1. The molecular weight excluding hydrogens is 230 g/mol. The van der Waals surface area contributed by atoms with E-state index >= 15 is 0 Å². The van der Waals surface area contributed by atoms with E-state index in [1.807, 2.05) is 25.9 Å². The van der Waals surface area contributed by atoms with Gasteiger partial charge in [0.05, 0.1) is 5.75 Å². The average molecular weight is 245 g/mol. The van der Waals surface area contributed by atoms with E-state index in [1.165, 1.54) is 23.1 Å². The molecule has 1 rings (SSSR count). The highest BCUT2D eigenvalue weighted by Crippen LogP contribution is 2.26. The highest BCUT2D eigenvalue weighted by atomic mass is 32.2. The third-order valence-corrected chi connectivity index (χ3v) is 3.95. The van der Waals surface area contributed by atoms with Gasteiger partial charge >= 0.3 is 0 Å². The highest BCUT2D eigenvalue weighted by molar-refractivity contribution is 8.01. The summed E-state index contributed by atoms with van der Waals surface area (Å²) in [5, 5.41) is 8.88. The second-order valence-electron chi connectivity index (χ2n) is 3.32. The Hall–Kier alpha value is -0.620. The quantitative estimate of drug-likeness (QED) is 0.718. The number of anilines is 1. The van der Waals surface area contributed by atoms with E-state index in [0.717, 1.165) is 15.9 Å². The zero-order valence-corrected chi connectivity index (χ0v) is 10.8. The van der Waals surface area contributed by atoms with E-state index in [-0.39, 0.29) is 5.78 Å². The molecule has 0 saturated carbocycles. The predicted molar refractivity (Wildman–Crippen MR) is 64.9 cm³/mol. The zero-order chi connectivity index (χ0) is 11.3. The molecule has 0 radical (unpaired) electrons. The van der Waals surface area contributed by atoms with Crippen molar-refractivity contribution in [2.45, 2.75) is 24.1 Å². The van der Waals surface area contributed by atoms with Crippen LogP contribution < -0.4 is 4.90 Å². The molecule has 15 heavy (non-hydrogen) atoms. The van der Waals surface area contributed by atoms with E-state index in [9.17, 15) is 4.79 Å². The second kappa shape index (κ2) is 6.07. The fourth-order valence-electron chi connectivity index (χ4n) is 0.935. The molecule has 0 spiro atoms. The van der Waals surface area contributed by atoms with Gasteiger partial charge in [0.2, 0.25) is 5.13 Å². The van der Waals surface area contributed by atoms with Crippen LogP contribution in [0.1, 0.15) is 19.8 Å². The van der Waals surface area contributed by atoms with Crippen molar-refractivity contribution >= 4 is 34.0 Å². The Balaban J connectivity index is 2.41. The molecular formula is C9H15N3OS2. The van der Waals surface area contributed by atoms with Gasteiger partial charge in [0.15, 0.2) is 4.34 Å². The Morgan fingerprint density at radius 1 is 1.47 bits per heavy atom. The molecule has 1 aromatic heterocycles. The largest absolute Gasteiger partial charge is 0.353 e. The van der Waals surface area contributed by atoms with Crippen LogP contribution in [0, 0.1) is 0 Å². The third kappa shape index (κ3) is 4.17. The van der Waals surface area contributed by atoms with Gasteiger partial charge in [-0.2, -0.15) is 0 Å². The van der Waals surface area contributed by atoms with Crippen molar-refractivity contribution in [1.82, 2.24) is 10.2 Å². The first kappa shape index (κ1) is 12.4. The highest BCUT2D eigenvalue weighted by Gasteiger charge is 2.08. The summed E-state index contributed by atoms with van der Waals surface area (Å²) >= 11 is 2.99. The number of rotatable bonds is 6. The van der Waals surface area contributed by atoms with Gasteiger partial charge in [-0.05, 0) is 6.42 Å². The Morgan fingerprint density at radius 2 is 2.20 bits per heavy atom. The van der Waals surface area contributed by atoms with Crippen molar-refractivity contribution in [1.29, 1.82) is 0 Å². The van der Waals surface area contributed by atoms with E-state index in [0.29, 0.717) is 12.2 Å². The van der Waals surface area contributed by atoms with Gasteiger partial charge < -0.3 is 4.90 Å². The molecule has 1 heterocycles. The van der Waals surface area contributed by atoms with Gasteiger partial charge in [0.1, 0.15) is 5.78 Å². The van der Waals surface area contributed by atoms with Gasteiger partial charge in [-0.15, -0.1) is 10.2 Å². The second-order valence-corrected chi connectivity index (χ2v) is 5.50. The molecule has 0 aromatic carbocycles. The maximum atomic E-state index is 11.3. The number of thioether (sulfide) groups is 1. The van der Waals surface area contributed by atoms with E-state index < -0.39 is 0 Å². The SMILES string of the molecule is CCCC(=O)CSc1nnc(N(C)C)s1. The first-order valence-corrected chi connectivity index (χ1v) is 6.59. The van der Waals surface area contributed by atoms with E-state index in [1.54, 1.807) is 0 Å². The summed E-state index contributed by atoms with van der Waals surface area (Å²) in [7, 11) is 3.86. The maximum Gasteiger partial charge on any atom is 0.208 e. The van der Waals surface area contributed by atoms with Crippen LogP contribution in [0.5, 0.6) is 0 Å². The van der Waals surface area contributed by atoms with E-state index in [2.05, 4.69) is 10.2 Å². The van der Waals surface area contributed by atoms with Gasteiger partial charge in [-0.25, -0.2) is 0 Å². The molecule has 0 bridgehead atoms. The fourth-order valence-corrected chi connectivity index (χ4v) is 2.60. The number of ketones is 1. The molecule has 0 unspecified atom stereocenters. The lowest BCUT2D eigenvalue weighted by Crippen LogP contribution is -2.07. The Morgan fingerprint density at radius 3 is 2.73 bits per heavy atom. The first-order chi connectivity index (χ1) is 7.13. The van der Waals surface area contributed by atoms with Crippen LogP contribution in [-0.4, -0.2) is 35.8 Å². The van der Waals surface area contributed by atoms with Crippen molar-refractivity contribution in [3.8, 4) is 0 Å². The van der Waals surface area contributed by atoms with Gasteiger partial charge in [-0.3, -0.25) is 4.79 Å². The smallest absolute Gasteiger partial charge is 0.208 e. The molecule has 0 aliphatic heterocycles. The summed E-state index contributed by atoms with van der Waals surface area (Å²) in [6, 6.07) is 0. The molecule has 0 aliphatic rings. The van der Waals surface area contributed by atoms with E-state index in [4.69, 9.17) is 0 Å². The lowest BCUT2D eigenvalue weighted by atomic mass is 10.3. The number of nitrogens with zero attached hydrogens (tertiary/aromatic N) is 3. The molecule has 6 heteroatoms. The molecule has 0 saturated heterocycles. The lowest BCUT2D eigenvalue weighted by molar-refractivity contribution is -0.116. The van der Waals surface area contributed by atoms with Crippen LogP contribution in [0.3, 0.4) is 0 Å². The maximum absolute atomic E-state index is 11.3. The molecule has 4 nitrogen and oxygen atoms in total. The first-order valence-electron chi connectivity index (χ1n) is 4.78. The molecule has 0 aliphatic carbocycles. The summed E-state index contributed by atoms with van der Waals surface area (Å²) in [6.45, 7) is 2.01. The summed E-state index contributed by atoms with van der Waals surface area (Å²) in [5.41, 5.74) is 0. The van der Waals surface area contributed by atoms with Crippen LogP contribution in [0.15, 0.2) is 4.34 Å². The third-order valence-electron chi connectivity index (χ3n) is 1.66. The minimum absolute atomic E-state index is 0.282. The number of carbonyl (C=O) groups excluding carboxylic acids is 1. The van der Waals surface area contributed by atoms with Gasteiger partial charge in [-0.1, -0.05) is 30.0 Å². The standard InChI is InChI=1S/C9H15N3OS2/c1-4-5-7(13)6-14-9-11-10-8(15-9)12(2)3/h4-6H2,1-3H3. The number of Topliss-reactive ketones (excluding diaryl/α,β-unsaturated/α-hetero) is 1. The summed E-state index contributed by atoms with van der Waals surface area (Å²) in [4.78, 5) is 13.2. The van der Waals surface area contributed by atoms with Crippen LogP contribution in [-0.2, 0) is 4.79 Å². The van der Waals surface area contributed by atoms with Crippen molar-refractivity contribution in [3.63, 3.8) is 0 Å². The molecule has 0 amide bonds. The summed E-state index contributed by atoms with van der Waals surface area (Å²) in [5.74, 6) is 0.791. The zero-order valence-electron chi connectivity index (χ0n) is 9.19. The Bertz CT molecular complexity index is 325. The number of hydrogen-bond donors (Lipinski definition) is 0. The Kier molecular flexibility index (Phi) is 5.04. The lowest BCUT2D eigenvalue weighted by Gasteiger charge is -2.03. The minimum atomic E-state index is 0.282. The van der Waals surface area contributed by atoms with Crippen molar-refractivity contribution in [2.24, 2.45) is 0 Å². The van der Waals surface area contributed by atoms with Gasteiger partial charge in [0.25, 0.3) is 0 Å². The molecule has 0 N–H and O–H groups in total. The number of hydrogen-bond acceptors (Lipinski definition) is 6. The minimum Gasteiger partial charge on any atom is -0.353 e. The van der Waals surface area contributed by atoms with Crippen LogP contribution in [0.2, 0.25) is 0 Å². The molecule has 1 aromatic rings. The topological polar surface area (TPSA) is 46.1 Å². The fraction of sp³-hybridized carbons (Fsp3) is 0.667. The molecule has 0 fully saturated rings. The number of aromatic nitrogens is 2. The van der Waals surface area contributed by atoms with Crippen LogP contribution >= 0.6 is 23.1 Å². The molecule has 0 atom stereocenters. The van der Waals surface area contributed by atoms with Crippen molar-refractivity contribution < 1.29 is 4.79 Å². The normalized spacial score (nSPS) is 10.3. The van der Waals surface area contributed by atoms with Crippen molar-refractivity contribution in [2.75, 3.05) is 24.7 Å². The van der Waals surface area contributed by atoms with Crippen LogP contribution in [0.4, 0.5) is 5.13 Å². The summed E-state index contributed by atoms with van der Waals surface area (Å²) < 4.78 is 0.864. The average Bonchev–Trinajstić information content (AvgIpc) is 2.63. The predicted octanol–water partition coefficient (Wildman–Crippen LogP) is 2.07. The molecule has 84 valence electrons. The monoisotopic (exact) mass is 245 g/mol. The Labute approximate surface area is 98.1 Å².